The predicted molar refractivity (Wildman–Crippen MR) is 500 cm³/mol. The van der Waals surface area contributed by atoms with Crippen molar-refractivity contribution in [1.82, 2.24) is 56.2 Å². The second kappa shape index (κ2) is 43.7. The van der Waals surface area contributed by atoms with E-state index in [0.717, 1.165) is 23.1 Å². The first kappa shape index (κ1) is 95.8. The Labute approximate surface area is 763 Å². The zero-order chi connectivity index (χ0) is 93.0. The van der Waals surface area contributed by atoms with E-state index in [0.29, 0.717) is 78.8 Å². The molecule has 1 saturated heterocycles. The van der Waals surface area contributed by atoms with E-state index in [-0.39, 0.29) is 58.0 Å². The van der Waals surface area contributed by atoms with Gasteiger partial charge in [0.1, 0.15) is 71.7 Å². The summed E-state index contributed by atoms with van der Waals surface area (Å²) in [5, 5.41) is 38.1. The standard InChI is InChI=1S/C103H117ClN12O14/c1-10-66(2)91(96(123)112-102(128,63-89(117)118)100(127)116-54-31-16-32-55-116)111-95(122)87(59-69-36-19-12-20-37-69)114(8)98(125)85(62-73-65-107-82-49-30-28-47-80(73)82)110-94(121)86(58-68-34-17-11-18-35-68)113(7)97(124)84(61-72-64-106-81-48-29-27-46-79(72)81)109-92(119)83(57-70-50-52-78(53-51-70)130-101(4,5)6)108-93(120)88(60-71-38-33-45-77(104)56-71)115(9)99(126)90(105)67(3)129-103(74-39-21-13-22-40-74,75-41-23-14-24-42-75)76-43-25-15-26-44-76/h11-15,17-30,33-53,56,64-67,83-88,90-91,106-107,128H,10,16,31-32,54-55,57-63,105H2,1-9H3,(H,108,120)(H,109,119)(H,110,121)(H,111,122)(H,112,123)(H,117,118)/t66-,67+,83+,84-,85-,86-,87-,88-,90-,91-,102+/m0/s1. The van der Waals surface area contributed by atoms with E-state index in [9.17, 15) is 24.6 Å². The third-order valence-electron chi connectivity index (χ3n) is 24.3. The van der Waals surface area contributed by atoms with Crippen molar-refractivity contribution in [2.75, 3.05) is 34.2 Å². The second-order valence-corrected chi connectivity index (χ2v) is 35.2. The lowest BCUT2D eigenvalue weighted by molar-refractivity contribution is -0.167. The molecule has 1 aliphatic heterocycles. The molecule has 0 spiro atoms. The highest BCUT2D eigenvalue weighted by molar-refractivity contribution is 6.30. The predicted octanol–water partition coefficient (Wildman–Crippen LogP) is 11.7. The van der Waals surface area contributed by atoms with Gasteiger partial charge in [0.2, 0.25) is 53.0 Å². The van der Waals surface area contributed by atoms with Crippen LogP contribution >= 0.6 is 11.6 Å². The minimum atomic E-state index is -2.91. The average Bonchev–Trinajstić information content (AvgIpc) is 0.804. The van der Waals surface area contributed by atoms with Crippen LogP contribution in [0.2, 0.25) is 5.02 Å². The number of carboxylic acid groups (broad SMARTS) is 1. The molecule has 130 heavy (non-hydrogen) atoms. The molecule has 11 atom stereocenters. The van der Waals surface area contributed by atoms with Crippen LogP contribution in [0.3, 0.4) is 0 Å². The zero-order valence-electron chi connectivity index (χ0n) is 74.8. The van der Waals surface area contributed by atoms with Crippen molar-refractivity contribution < 1.29 is 67.6 Å². The number of aromatic nitrogens is 2. The smallest absolute Gasteiger partial charge is 0.308 e. The number of rotatable bonds is 40. The summed E-state index contributed by atoms with van der Waals surface area (Å²) in [6.45, 7) is 11.3. The number of H-pyrrole nitrogens is 2. The number of para-hydroxylation sites is 2. The van der Waals surface area contributed by atoms with Crippen molar-refractivity contribution in [3.8, 4) is 5.75 Å². The Bertz CT molecular complexity index is 5620. The number of halogens is 1. The van der Waals surface area contributed by atoms with Gasteiger partial charge in [-0.3, -0.25) is 47.9 Å². The number of benzene rings is 9. The fraction of sp³-hybridized carbons (Fsp3) is 0.340. The highest BCUT2D eigenvalue weighted by Crippen LogP contribution is 2.42. The highest BCUT2D eigenvalue weighted by Gasteiger charge is 2.48. The van der Waals surface area contributed by atoms with Gasteiger partial charge in [-0.25, -0.2) is 0 Å². The number of aliphatic carboxylic acids is 1. The molecule has 9 amide bonds. The molecule has 1 fully saturated rings. The third-order valence-corrected chi connectivity index (χ3v) is 24.5. The van der Waals surface area contributed by atoms with E-state index in [2.05, 4.69) is 36.6 Å². The van der Waals surface area contributed by atoms with E-state index < -0.39 is 143 Å². The Hall–Kier alpha value is -13.3. The fourth-order valence-electron chi connectivity index (χ4n) is 17.0. The lowest BCUT2D eigenvalue weighted by Crippen LogP contribution is -2.65. The summed E-state index contributed by atoms with van der Waals surface area (Å²) in [7, 11) is 4.29. The van der Waals surface area contributed by atoms with Crippen LogP contribution in [-0.2, 0) is 96.8 Å². The van der Waals surface area contributed by atoms with Crippen LogP contribution in [-0.4, -0.2) is 199 Å². The molecular weight excluding hydrogens is 1660 g/mol. The van der Waals surface area contributed by atoms with Gasteiger partial charge in [-0.05, 0) is 139 Å². The maximum absolute atomic E-state index is 16.5. The number of likely N-dealkylation sites (tertiary alicyclic amines) is 1. The highest BCUT2D eigenvalue weighted by atomic mass is 35.5. The van der Waals surface area contributed by atoms with Gasteiger partial charge in [0.15, 0.2) is 0 Å². The molecule has 3 heterocycles. The molecule has 0 radical (unpaired) electrons. The zero-order valence-corrected chi connectivity index (χ0v) is 75.6. The van der Waals surface area contributed by atoms with E-state index in [4.69, 9.17) is 26.8 Å². The first-order chi connectivity index (χ1) is 62.3. The molecule has 26 nitrogen and oxygen atoms in total. The molecule has 27 heteroatoms. The summed E-state index contributed by atoms with van der Waals surface area (Å²) in [6.07, 6.45) is 2.43. The number of nitrogens with two attached hydrogens (primary N) is 1. The lowest BCUT2D eigenvalue weighted by atomic mass is 9.79. The summed E-state index contributed by atoms with van der Waals surface area (Å²) in [6, 6.07) is 63.2. The minimum Gasteiger partial charge on any atom is -0.488 e. The minimum absolute atomic E-state index is 0.133. The number of aliphatic hydroxyl groups is 1. The SMILES string of the molecule is CC[C@H](C)[C@H](NC(=O)[C@H](Cc1ccccc1)N(C)C(=O)[C@H](Cc1c[nH]c2ccccc12)NC(=O)[C@H](Cc1ccccc1)N(C)C(=O)[C@H](Cc1c[nH]c2ccccc12)NC(=O)[C@@H](Cc1ccc(OC(C)(C)C)cc1)NC(=O)[C@H](Cc1cccc(Cl)c1)N(C)C(=O)[C@@H](N)[C@@H](C)OC(c1ccccc1)(c1ccccc1)c1ccccc1)C(=O)N[C@@](O)(CC(=O)O)C(=O)N1CCCCC1. The van der Waals surface area contributed by atoms with Gasteiger partial charge in [-0.1, -0.05) is 244 Å². The second-order valence-electron chi connectivity index (χ2n) is 34.8. The molecule has 0 bridgehead atoms. The molecule has 2 aromatic heterocycles. The quantitative estimate of drug-likeness (QED) is 0.0126. The molecule has 11 N–H and O–H groups in total. The number of nitrogens with zero attached hydrogens (tertiary/aromatic N) is 4. The number of nitrogens with one attached hydrogen (secondary N) is 7. The number of hydrogen-bond donors (Lipinski definition) is 10. The number of carbonyl (C=O) groups excluding carboxylic acids is 9. The number of ether oxygens (including phenoxy) is 2. The maximum atomic E-state index is 16.5. The molecular formula is C103H117ClN12O14. The summed E-state index contributed by atoms with van der Waals surface area (Å²) < 4.78 is 13.5. The third kappa shape index (κ3) is 24.0. The number of amides is 9. The topological polar surface area (TPSA) is 360 Å². The van der Waals surface area contributed by atoms with Crippen LogP contribution in [0.15, 0.2) is 261 Å². The molecule has 0 aliphatic carbocycles. The summed E-state index contributed by atoms with van der Waals surface area (Å²) in [5.74, 6) is -9.37. The van der Waals surface area contributed by atoms with Crippen molar-refractivity contribution in [3.05, 3.63) is 316 Å². The normalized spacial score (nSPS) is 15.1. The molecule has 680 valence electrons. The van der Waals surface area contributed by atoms with Crippen molar-refractivity contribution in [2.45, 2.75) is 184 Å². The van der Waals surface area contributed by atoms with E-state index >= 15 is 33.6 Å². The molecule has 11 aromatic rings. The van der Waals surface area contributed by atoms with Crippen LogP contribution in [0.5, 0.6) is 5.75 Å². The Morgan fingerprint density at radius 2 is 0.885 bits per heavy atom. The van der Waals surface area contributed by atoms with Gasteiger partial charge >= 0.3 is 5.97 Å². The molecule has 0 unspecified atom stereocenters. The van der Waals surface area contributed by atoms with Crippen LogP contribution in [0.25, 0.3) is 21.8 Å². The average molecular weight is 1780 g/mol. The van der Waals surface area contributed by atoms with Crippen LogP contribution < -0.4 is 37.1 Å². The monoisotopic (exact) mass is 1780 g/mol. The van der Waals surface area contributed by atoms with Gasteiger partial charge in [0, 0.05) is 112 Å². The van der Waals surface area contributed by atoms with Crippen LogP contribution in [0, 0.1) is 5.92 Å². The molecule has 1 aliphatic rings. The fourth-order valence-corrected chi connectivity index (χ4v) is 17.2. The molecule has 12 rings (SSSR count). The number of piperidine rings is 1. The van der Waals surface area contributed by atoms with E-state index in [1.54, 1.807) is 142 Å². The Kier molecular flexibility index (Phi) is 32.2. The number of hydrogen-bond acceptors (Lipinski definition) is 14. The lowest BCUT2D eigenvalue weighted by Gasteiger charge is -2.40. The largest absolute Gasteiger partial charge is 0.488 e. The van der Waals surface area contributed by atoms with E-state index in [1.807, 2.05) is 160 Å². The number of likely N-dealkylation sites (N-methyl/N-ethyl adjacent to an activating group) is 3. The van der Waals surface area contributed by atoms with E-state index in [1.165, 1.54) is 40.7 Å². The Morgan fingerprint density at radius 3 is 1.34 bits per heavy atom. The van der Waals surface area contributed by atoms with Gasteiger partial charge in [-0.2, -0.15) is 0 Å². The maximum Gasteiger partial charge on any atom is 0.308 e. The number of aromatic amines is 2. The van der Waals surface area contributed by atoms with Crippen molar-refractivity contribution >= 4 is 92.5 Å². The van der Waals surface area contributed by atoms with Crippen molar-refractivity contribution in [3.63, 3.8) is 0 Å². The summed E-state index contributed by atoms with van der Waals surface area (Å²) in [5.41, 5.74) is 9.54. The number of carboxylic acids is 1. The van der Waals surface area contributed by atoms with Gasteiger partial charge in [0.05, 0.1) is 6.10 Å². The molecule has 0 saturated carbocycles. The first-order valence-corrected chi connectivity index (χ1v) is 44.6. The van der Waals surface area contributed by atoms with Gasteiger partial charge < -0.3 is 81.6 Å². The summed E-state index contributed by atoms with van der Waals surface area (Å²) >= 11 is 6.68. The number of fused-ring (bicyclic) bond motifs is 2. The van der Waals surface area contributed by atoms with Crippen LogP contribution in [0.1, 0.15) is 124 Å². The Morgan fingerprint density at radius 1 is 0.477 bits per heavy atom. The summed E-state index contributed by atoms with van der Waals surface area (Å²) in [4.78, 5) is 165. The van der Waals surface area contributed by atoms with Gasteiger partial charge in [-0.15, -0.1) is 0 Å². The van der Waals surface area contributed by atoms with Gasteiger partial charge in [0.25, 0.3) is 5.91 Å². The first-order valence-electron chi connectivity index (χ1n) is 44.2. The van der Waals surface area contributed by atoms with Crippen LogP contribution in [0.4, 0.5) is 0 Å². The van der Waals surface area contributed by atoms with Crippen molar-refractivity contribution in [2.24, 2.45) is 11.7 Å². The van der Waals surface area contributed by atoms with Crippen molar-refractivity contribution in [1.29, 1.82) is 0 Å². The molecule has 9 aromatic carbocycles. The number of carbonyl (C=O) groups is 10. The Balaban J connectivity index is 0.890.